The number of alkyl halides is 3. The number of nitrogens with two attached hydrogens (primary N) is 1. The van der Waals surface area contributed by atoms with Crippen LogP contribution in [0.3, 0.4) is 0 Å². The van der Waals surface area contributed by atoms with Gasteiger partial charge in [0, 0.05) is 17.7 Å². The average molecular weight is 267 g/mol. The van der Waals surface area contributed by atoms with Gasteiger partial charge in [-0.15, -0.1) is 13.2 Å². The van der Waals surface area contributed by atoms with Crippen molar-refractivity contribution in [3.05, 3.63) is 29.6 Å². The first kappa shape index (κ1) is 14.7. The molecule has 102 valence electrons. The summed E-state index contributed by atoms with van der Waals surface area (Å²) in [5, 5.41) is 0. The van der Waals surface area contributed by atoms with Crippen LogP contribution in [0.4, 0.5) is 17.6 Å². The summed E-state index contributed by atoms with van der Waals surface area (Å²) >= 11 is 0. The monoisotopic (exact) mass is 267 g/mol. The summed E-state index contributed by atoms with van der Waals surface area (Å²) in [6, 6.07) is 3.48. The smallest absolute Gasteiger partial charge is 0.491 e. The molecule has 1 atom stereocenters. The van der Waals surface area contributed by atoms with Gasteiger partial charge in [0.05, 0.1) is 6.61 Å². The van der Waals surface area contributed by atoms with E-state index in [-0.39, 0.29) is 12.4 Å². The number of benzene rings is 1. The van der Waals surface area contributed by atoms with Crippen molar-refractivity contribution in [2.75, 3.05) is 13.2 Å². The van der Waals surface area contributed by atoms with E-state index < -0.39 is 24.8 Å². The lowest BCUT2D eigenvalue weighted by atomic mass is 10.1. The molecule has 0 spiro atoms. The Bertz CT molecular complexity index is 393. The molecule has 1 unspecified atom stereocenters. The molecule has 1 aromatic carbocycles. The van der Waals surface area contributed by atoms with Crippen molar-refractivity contribution in [2.24, 2.45) is 5.73 Å². The Balaban J connectivity index is 2.47. The first-order valence-corrected chi connectivity index (χ1v) is 5.18. The van der Waals surface area contributed by atoms with Gasteiger partial charge in [0.2, 0.25) is 0 Å². The number of hydrogen-bond acceptors (Lipinski definition) is 3. The van der Waals surface area contributed by atoms with E-state index in [2.05, 4.69) is 4.74 Å². The number of ether oxygens (including phenoxy) is 2. The molecule has 0 bridgehead atoms. The van der Waals surface area contributed by atoms with Crippen LogP contribution in [-0.4, -0.2) is 19.6 Å². The second-order valence-corrected chi connectivity index (χ2v) is 3.61. The summed E-state index contributed by atoms with van der Waals surface area (Å²) in [6.07, 6.45) is -4.69. The molecule has 2 N–H and O–H groups in total. The molecule has 0 saturated carbocycles. The predicted octanol–water partition coefficient (Wildman–Crippen LogP) is 2.76. The fourth-order valence-corrected chi connectivity index (χ4v) is 1.28. The van der Waals surface area contributed by atoms with Gasteiger partial charge in [-0.3, -0.25) is 4.74 Å². The van der Waals surface area contributed by atoms with Gasteiger partial charge in [-0.05, 0) is 13.0 Å². The minimum atomic E-state index is -4.69. The second kappa shape index (κ2) is 6.01. The van der Waals surface area contributed by atoms with Crippen molar-refractivity contribution >= 4 is 0 Å². The maximum Gasteiger partial charge on any atom is 0.522 e. The molecule has 0 aliphatic carbocycles. The van der Waals surface area contributed by atoms with E-state index in [0.29, 0.717) is 5.56 Å². The first-order chi connectivity index (χ1) is 8.29. The highest BCUT2D eigenvalue weighted by Gasteiger charge is 2.28. The molecule has 0 aliphatic heterocycles. The lowest BCUT2D eigenvalue weighted by molar-refractivity contribution is -0.325. The Labute approximate surface area is 101 Å². The third-order valence-electron chi connectivity index (χ3n) is 2.08. The fraction of sp³-hybridized carbons (Fsp3) is 0.455. The third-order valence-corrected chi connectivity index (χ3v) is 2.08. The first-order valence-electron chi connectivity index (χ1n) is 5.18. The molecule has 0 fully saturated rings. The molecule has 1 aromatic rings. The molecular weight excluding hydrogens is 254 g/mol. The minimum Gasteiger partial charge on any atom is -0.491 e. The van der Waals surface area contributed by atoms with E-state index in [1.807, 2.05) is 0 Å². The van der Waals surface area contributed by atoms with Crippen LogP contribution in [0, 0.1) is 5.82 Å². The summed E-state index contributed by atoms with van der Waals surface area (Å²) in [6.45, 7) is 0.646. The molecule has 7 heteroatoms. The Hall–Kier alpha value is -1.34. The predicted molar refractivity (Wildman–Crippen MR) is 56.5 cm³/mol. The van der Waals surface area contributed by atoms with Crippen LogP contribution >= 0.6 is 0 Å². The van der Waals surface area contributed by atoms with Gasteiger partial charge in [-0.1, -0.05) is 6.07 Å². The van der Waals surface area contributed by atoms with Crippen molar-refractivity contribution in [1.82, 2.24) is 0 Å². The molecular formula is C11H13F4NO2. The van der Waals surface area contributed by atoms with Crippen LogP contribution in [0.2, 0.25) is 0 Å². The zero-order chi connectivity index (χ0) is 13.8. The van der Waals surface area contributed by atoms with Crippen LogP contribution < -0.4 is 10.5 Å². The largest absolute Gasteiger partial charge is 0.522 e. The highest BCUT2D eigenvalue weighted by molar-refractivity contribution is 5.30. The quantitative estimate of drug-likeness (QED) is 0.659. The fourth-order valence-electron chi connectivity index (χ4n) is 1.28. The van der Waals surface area contributed by atoms with Crippen molar-refractivity contribution in [2.45, 2.75) is 19.3 Å². The molecule has 0 radical (unpaired) electrons. The van der Waals surface area contributed by atoms with Gasteiger partial charge in [0.15, 0.2) is 0 Å². The van der Waals surface area contributed by atoms with E-state index in [4.69, 9.17) is 10.5 Å². The van der Waals surface area contributed by atoms with Crippen LogP contribution in [0.1, 0.15) is 18.5 Å². The maximum absolute atomic E-state index is 13.4. The van der Waals surface area contributed by atoms with Gasteiger partial charge >= 0.3 is 6.36 Å². The molecule has 0 aromatic heterocycles. The molecule has 0 aliphatic rings. The van der Waals surface area contributed by atoms with Crippen LogP contribution in [0.15, 0.2) is 18.2 Å². The third kappa shape index (κ3) is 4.89. The highest BCUT2D eigenvalue weighted by atomic mass is 19.4. The summed E-state index contributed by atoms with van der Waals surface area (Å²) in [7, 11) is 0. The number of rotatable bonds is 5. The Kier molecular flexibility index (Phi) is 4.92. The minimum absolute atomic E-state index is 0.127. The van der Waals surface area contributed by atoms with E-state index in [1.54, 1.807) is 6.92 Å². The Morgan fingerprint density at radius 3 is 2.44 bits per heavy atom. The number of halogens is 4. The Morgan fingerprint density at radius 1 is 1.28 bits per heavy atom. The van der Waals surface area contributed by atoms with Gasteiger partial charge in [0.25, 0.3) is 0 Å². The summed E-state index contributed by atoms with van der Waals surface area (Å²) in [5.41, 5.74) is 5.82. The van der Waals surface area contributed by atoms with Crippen molar-refractivity contribution in [1.29, 1.82) is 0 Å². The van der Waals surface area contributed by atoms with Gasteiger partial charge in [-0.2, -0.15) is 0 Å². The van der Waals surface area contributed by atoms with Gasteiger partial charge < -0.3 is 10.5 Å². The lowest BCUT2D eigenvalue weighted by Crippen LogP contribution is -2.18. The van der Waals surface area contributed by atoms with Crippen LogP contribution in [0.5, 0.6) is 5.75 Å². The number of hydrogen-bond donors (Lipinski definition) is 1. The summed E-state index contributed by atoms with van der Waals surface area (Å²) < 4.78 is 56.8. The van der Waals surface area contributed by atoms with E-state index >= 15 is 0 Å². The zero-order valence-electron chi connectivity index (χ0n) is 9.63. The van der Waals surface area contributed by atoms with Crippen molar-refractivity contribution < 1.29 is 27.0 Å². The van der Waals surface area contributed by atoms with E-state index in [1.165, 1.54) is 12.1 Å². The summed E-state index contributed by atoms with van der Waals surface area (Å²) in [4.78, 5) is 0. The molecule has 0 saturated heterocycles. The standard InChI is InChI=1S/C11H13F4NO2/c1-7(16)9-3-2-8(6-10(9)12)17-4-5-18-11(13,14)15/h2-3,6-7H,4-5,16H2,1H3. The molecule has 18 heavy (non-hydrogen) atoms. The molecule has 0 heterocycles. The Morgan fingerprint density at radius 2 is 1.94 bits per heavy atom. The van der Waals surface area contributed by atoms with Crippen molar-refractivity contribution in [3.8, 4) is 5.75 Å². The van der Waals surface area contributed by atoms with Gasteiger partial charge in [0.1, 0.15) is 18.2 Å². The normalized spacial score (nSPS) is 13.4. The average Bonchev–Trinajstić information content (AvgIpc) is 2.22. The zero-order valence-corrected chi connectivity index (χ0v) is 9.63. The topological polar surface area (TPSA) is 44.5 Å². The molecule has 1 rings (SSSR count). The second-order valence-electron chi connectivity index (χ2n) is 3.61. The maximum atomic E-state index is 13.4. The van der Waals surface area contributed by atoms with E-state index in [9.17, 15) is 17.6 Å². The molecule has 0 amide bonds. The van der Waals surface area contributed by atoms with E-state index in [0.717, 1.165) is 6.07 Å². The highest BCUT2D eigenvalue weighted by Crippen LogP contribution is 2.21. The summed E-state index contributed by atoms with van der Waals surface area (Å²) in [5.74, 6) is -0.429. The van der Waals surface area contributed by atoms with Gasteiger partial charge in [-0.25, -0.2) is 4.39 Å². The lowest BCUT2D eigenvalue weighted by Gasteiger charge is -2.11. The SMILES string of the molecule is CC(N)c1ccc(OCCOC(F)(F)F)cc1F. The van der Waals surface area contributed by atoms with Crippen LogP contribution in [0.25, 0.3) is 0 Å². The van der Waals surface area contributed by atoms with Crippen molar-refractivity contribution in [3.63, 3.8) is 0 Å². The molecule has 3 nitrogen and oxygen atoms in total. The van der Waals surface area contributed by atoms with Crippen LogP contribution in [-0.2, 0) is 4.74 Å².